The molecular weight excluding hydrogens is 316 g/mol. The van der Waals surface area contributed by atoms with Crippen molar-refractivity contribution in [3.63, 3.8) is 0 Å². The van der Waals surface area contributed by atoms with Gasteiger partial charge in [0.15, 0.2) is 0 Å². The van der Waals surface area contributed by atoms with E-state index < -0.39 is 0 Å². The second-order valence-corrected chi connectivity index (χ2v) is 5.57. The third kappa shape index (κ3) is 4.94. The molecule has 2 unspecified atom stereocenters. The van der Waals surface area contributed by atoms with Crippen LogP contribution in [0.5, 0.6) is 0 Å². The van der Waals surface area contributed by atoms with Crippen molar-refractivity contribution in [3.05, 3.63) is 35.9 Å². The lowest BCUT2D eigenvalue weighted by Gasteiger charge is -2.33. The van der Waals surface area contributed by atoms with Gasteiger partial charge in [-0.3, -0.25) is 9.59 Å². The third-order valence-corrected chi connectivity index (χ3v) is 4.09. The minimum absolute atomic E-state index is 0. The number of nitrogens with two attached hydrogens (primary N) is 1. The Hall–Kier alpha value is -1.59. The number of carbonyl (C=O) groups is 2. The summed E-state index contributed by atoms with van der Waals surface area (Å²) in [6, 6.07) is 9.56. The van der Waals surface area contributed by atoms with Gasteiger partial charge >= 0.3 is 5.97 Å². The van der Waals surface area contributed by atoms with Crippen molar-refractivity contribution in [3.8, 4) is 0 Å². The predicted molar refractivity (Wildman–Crippen MR) is 91.4 cm³/mol. The number of ether oxygens (including phenoxy) is 1. The number of esters is 1. The maximum Gasteiger partial charge on any atom is 0.310 e. The molecule has 0 aromatic heterocycles. The SMILES string of the molecule is CCOC(=O)C1CCCN(C(=O)C(CN)c2ccccc2)C1.Cl. The van der Waals surface area contributed by atoms with Crippen molar-refractivity contribution in [2.75, 3.05) is 26.2 Å². The van der Waals surface area contributed by atoms with Crippen molar-refractivity contribution < 1.29 is 14.3 Å². The Balaban J connectivity index is 0.00000264. The maximum absolute atomic E-state index is 12.7. The molecule has 6 heteroatoms. The van der Waals surface area contributed by atoms with E-state index in [1.54, 1.807) is 11.8 Å². The summed E-state index contributed by atoms with van der Waals surface area (Å²) in [5.74, 6) is -0.763. The molecule has 1 aliphatic rings. The number of likely N-dealkylation sites (tertiary alicyclic amines) is 1. The average molecular weight is 341 g/mol. The lowest BCUT2D eigenvalue weighted by atomic mass is 9.93. The van der Waals surface area contributed by atoms with Gasteiger partial charge in [-0.1, -0.05) is 30.3 Å². The molecule has 128 valence electrons. The molecule has 2 atom stereocenters. The summed E-state index contributed by atoms with van der Waals surface area (Å²) in [4.78, 5) is 26.4. The first kappa shape index (κ1) is 19.5. The molecule has 0 saturated carbocycles. The standard InChI is InChI=1S/C17H24N2O3.ClH/c1-2-22-17(21)14-9-6-10-19(12-14)16(20)15(11-18)13-7-4-3-5-8-13;/h3-5,7-8,14-15H,2,6,9-12,18H2,1H3;1H. The number of hydrogen-bond acceptors (Lipinski definition) is 4. The quantitative estimate of drug-likeness (QED) is 0.831. The fourth-order valence-electron chi connectivity index (χ4n) is 2.92. The first-order valence-corrected chi connectivity index (χ1v) is 7.87. The Morgan fingerprint density at radius 2 is 2.04 bits per heavy atom. The van der Waals surface area contributed by atoms with E-state index in [1.165, 1.54) is 0 Å². The van der Waals surface area contributed by atoms with Crippen LogP contribution >= 0.6 is 12.4 Å². The van der Waals surface area contributed by atoms with Gasteiger partial charge in [-0.2, -0.15) is 0 Å². The van der Waals surface area contributed by atoms with Crippen LogP contribution in [0.1, 0.15) is 31.2 Å². The second kappa shape index (κ2) is 9.53. The van der Waals surface area contributed by atoms with Crippen molar-refractivity contribution in [1.82, 2.24) is 4.90 Å². The minimum Gasteiger partial charge on any atom is -0.466 e. The lowest BCUT2D eigenvalue weighted by Crippen LogP contribution is -2.45. The van der Waals surface area contributed by atoms with Crippen LogP contribution in [-0.4, -0.2) is 43.0 Å². The number of rotatable bonds is 5. The van der Waals surface area contributed by atoms with Crippen LogP contribution < -0.4 is 5.73 Å². The fourth-order valence-corrected chi connectivity index (χ4v) is 2.92. The third-order valence-electron chi connectivity index (χ3n) is 4.09. The van der Waals surface area contributed by atoms with Crippen LogP contribution in [0, 0.1) is 5.92 Å². The van der Waals surface area contributed by atoms with E-state index in [0.29, 0.717) is 19.7 Å². The van der Waals surface area contributed by atoms with Crippen molar-refractivity contribution in [2.45, 2.75) is 25.7 Å². The van der Waals surface area contributed by atoms with Crippen molar-refractivity contribution >= 4 is 24.3 Å². The van der Waals surface area contributed by atoms with Gasteiger partial charge in [0.25, 0.3) is 0 Å². The highest BCUT2D eigenvalue weighted by atomic mass is 35.5. The maximum atomic E-state index is 12.7. The molecule has 0 radical (unpaired) electrons. The Morgan fingerprint density at radius 3 is 2.65 bits per heavy atom. The van der Waals surface area contributed by atoms with Gasteiger partial charge in [0.05, 0.1) is 18.4 Å². The van der Waals surface area contributed by atoms with Crippen LogP contribution in [0.25, 0.3) is 0 Å². The van der Waals surface area contributed by atoms with Gasteiger partial charge in [-0.25, -0.2) is 0 Å². The summed E-state index contributed by atoms with van der Waals surface area (Å²) in [7, 11) is 0. The zero-order valence-electron chi connectivity index (χ0n) is 13.4. The molecule has 1 amide bonds. The zero-order chi connectivity index (χ0) is 15.9. The van der Waals surface area contributed by atoms with Crippen LogP contribution in [0.4, 0.5) is 0 Å². The van der Waals surface area contributed by atoms with E-state index >= 15 is 0 Å². The highest BCUT2D eigenvalue weighted by Gasteiger charge is 2.32. The van der Waals surface area contributed by atoms with Gasteiger partial charge in [0.2, 0.25) is 5.91 Å². The molecule has 1 fully saturated rings. The Morgan fingerprint density at radius 1 is 1.35 bits per heavy atom. The van der Waals surface area contributed by atoms with E-state index in [4.69, 9.17) is 10.5 Å². The Labute approximate surface area is 143 Å². The fraction of sp³-hybridized carbons (Fsp3) is 0.529. The summed E-state index contributed by atoms with van der Waals surface area (Å²) in [5.41, 5.74) is 6.74. The molecule has 1 aromatic rings. The van der Waals surface area contributed by atoms with Crippen molar-refractivity contribution in [1.29, 1.82) is 0 Å². The molecule has 1 aliphatic heterocycles. The summed E-state index contributed by atoms with van der Waals surface area (Å²) >= 11 is 0. The summed E-state index contributed by atoms with van der Waals surface area (Å²) in [6.45, 7) is 3.55. The molecular formula is C17H25ClN2O3. The van der Waals surface area contributed by atoms with Crippen molar-refractivity contribution in [2.24, 2.45) is 11.7 Å². The summed E-state index contributed by atoms with van der Waals surface area (Å²) in [6.07, 6.45) is 1.60. The van der Waals surface area contributed by atoms with Gasteiger partial charge in [0, 0.05) is 19.6 Å². The minimum atomic E-state index is -0.345. The number of amides is 1. The number of benzene rings is 1. The summed E-state index contributed by atoms with van der Waals surface area (Å²) < 4.78 is 5.08. The van der Waals surface area contributed by atoms with Crippen LogP contribution in [-0.2, 0) is 14.3 Å². The predicted octanol–water partition coefficient (Wildman–Crippen LogP) is 1.95. The molecule has 0 aliphatic carbocycles. The smallest absolute Gasteiger partial charge is 0.310 e. The van der Waals surface area contributed by atoms with E-state index in [-0.39, 0.29) is 42.7 Å². The molecule has 2 rings (SSSR count). The highest BCUT2D eigenvalue weighted by molar-refractivity contribution is 5.85. The van der Waals surface area contributed by atoms with Gasteiger partial charge in [0.1, 0.15) is 0 Å². The molecule has 23 heavy (non-hydrogen) atoms. The van der Waals surface area contributed by atoms with E-state index in [0.717, 1.165) is 18.4 Å². The molecule has 1 aromatic carbocycles. The number of piperidine rings is 1. The normalized spacial score (nSPS) is 18.7. The van der Waals surface area contributed by atoms with Crippen LogP contribution in [0.2, 0.25) is 0 Å². The van der Waals surface area contributed by atoms with Gasteiger partial charge in [-0.05, 0) is 25.3 Å². The van der Waals surface area contributed by atoms with E-state index in [2.05, 4.69) is 0 Å². The zero-order valence-corrected chi connectivity index (χ0v) is 14.3. The Kier molecular flexibility index (Phi) is 8.06. The molecule has 1 heterocycles. The van der Waals surface area contributed by atoms with Gasteiger partial charge in [-0.15, -0.1) is 12.4 Å². The van der Waals surface area contributed by atoms with E-state index in [9.17, 15) is 9.59 Å². The monoisotopic (exact) mass is 340 g/mol. The van der Waals surface area contributed by atoms with E-state index in [1.807, 2.05) is 30.3 Å². The number of halogens is 1. The summed E-state index contributed by atoms with van der Waals surface area (Å²) in [5, 5.41) is 0. The molecule has 5 nitrogen and oxygen atoms in total. The van der Waals surface area contributed by atoms with Gasteiger partial charge < -0.3 is 15.4 Å². The number of hydrogen-bond donors (Lipinski definition) is 1. The Bertz CT molecular complexity index is 510. The first-order valence-electron chi connectivity index (χ1n) is 7.87. The average Bonchev–Trinajstić information content (AvgIpc) is 2.57. The molecule has 0 bridgehead atoms. The largest absolute Gasteiger partial charge is 0.466 e. The second-order valence-electron chi connectivity index (χ2n) is 5.57. The van der Waals surface area contributed by atoms with Crippen LogP contribution in [0.3, 0.4) is 0 Å². The molecule has 2 N–H and O–H groups in total. The topological polar surface area (TPSA) is 72.6 Å². The number of carbonyl (C=O) groups excluding carboxylic acids is 2. The first-order chi connectivity index (χ1) is 10.7. The highest BCUT2D eigenvalue weighted by Crippen LogP contribution is 2.23. The lowest BCUT2D eigenvalue weighted by molar-refractivity contribution is -0.151. The number of nitrogens with zero attached hydrogens (tertiary/aromatic N) is 1. The molecule has 1 saturated heterocycles. The van der Waals surface area contributed by atoms with Crippen LogP contribution in [0.15, 0.2) is 30.3 Å². The molecule has 0 spiro atoms.